The van der Waals surface area contributed by atoms with Crippen LogP contribution in [-0.2, 0) is 4.79 Å². The first-order valence-electron chi connectivity index (χ1n) is 9.70. The van der Waals surface area contributed by atoms with Crippen molar-refractivity contribution >= 4 is 34.1 Å². The molecule has 2 fully saturated rings. The standard InChI is InChI=1S/C19H23FN6O2S/c1-12(16(27)22-18-24-23-17(29-18)13-2-3-13)21-19(28)26-10-8-25(9-11-26)15-6-4-14(20)5-7-15/h4-7,12-13H,2-3,8-11H2,1H3,(H,21,28)(H,22,24,27)/t12-/m0/s1. The Kier molecular flexibility index (Phi) is 5.61. The topological polar surface area (TPSA) is 90.5 Å². The van der Waals surface area contributed by atoms with E-state index >= 15 is 0 Å². The largest absolute Gasteiger partial charge is 0.368 e. The molecule has 0 bridgehead atoms. The lowest BCUT2D eigenvalue weighted by molar-refractivity contribution is -0.117. The molecule has 3 amide bonds. The number of piperazine rings is 1. The van der Waals surface area contributed by atoms with E-state index in [-0.39, 0.29) is 17.8 Å². The Morgan fingerprint density at radius 2 is 1.83 bits per heavy atom. The number of rotatable bonds is 5. The van der Waals surface area contributed by atoms with Crippen LogP contribution >= 0.6 is 11.3 Å². The van der Waals surface area contributed by atoms with Gasteiger partial charge in [0.15, 0.2) is 0 Å². The number of aromatic nitrogens is 2. The summed E-state index contributed by atoms with van der Waals surface area (Å²) in [5.74, 6) is -0.0954. The molecular weight excluding hydrogens is 395 g/mol. The molecule has 1 saturated carbocycles. The van der Waals surface area contributed by atoms with Crippen LogP contribution in [0.4, 0.5) is 20.0 Å². The van der Waals surface area contributed by atoms with Crippen LogP contribution in [0.25, 0.3) is 0 Å². The molecule has 1 aromatic heterocycles. The smallest absolute Gasteiger partial charge is 0.318 e. The average molecular weight is 418 g/mol. The summed E-state index contributed by atoms with van der Waals surface area (Å²) in [5, 5.41) is 15.0. The van der Waals surface area contributed by atoms with Gasteiger partial charge in [-0.3, -0.25) is 10.1 Å². The van der Waals surface area contributed by atoms with Crippen molar-refractivity contribution in [3.63, 3.8) is 0 Å². The number of anilines is 2. The Morgan fingerprint density at radius 1 is 1.14 bits per heavy atom. The lowest BCUT2D eigenvalue weighted by atomic mass is 10.2. The van der Waals surface area contributed by atoms with Crippen LogP contribution in [0, 0.1) is 5.82 Å². The highest BCUT2D eigenvalue weighted by Crippen LogP contribution is 2.42. The van der Waals surface area contributed by atoms with Crippen molar-refractivity contribution in [1.82, 2.24) is 20.4 Å². The second-order valence-electron chi connectivity index (χ2n) is 7.33. The number of hydrogen-bond acceptors (Lipinski definition) is 6. The third kappa shape index (κ3) is 4.81. The second kappa shape index (κ2) is 8.32. The van der Waals surface area contributed by atoms with E-state index in [1.54, 1.807) is 24.0 Å². The number of carbonyl (C=O) groups is 2. The maximum atomic E-state index is 13.1. The van der Waals surface area contributed by atoms with Crippen molar-refractivity contribution in [3.8, 4) is 0 Å². The van der Waals surface area contributed by atoms with E-state index in [4.69, 9.17) is 0 Å². The predicted octanol–water partition coefficient (Wildman–Crippen LogP) is 2.41. The lowest BCUT2D eigenvalue weighted by Gasteiger charge is -2.36. The summed E-state index contributed by atoms with van der Waals surface area (Å²) < 4.78 is 13.1. The molecule has 0 spiro atoms. The van der Waals surface area contributed by atoms with Crippen molar-refractivity contribution in [2.45, 2.75) is 31.7 Å². The lowest BCUT2D eigenvalue weighted by Crippen LogP contribution is -2.54. The van der Waals surface area contributed by atoms with Crippen LogP contribution in [-0.4, -0.2) is 59.3 Å². The van der Waals surface area contributed by atoms with Crippen LogP contribution in [0.5, 0.6) is 0 Å². The van der Waals surface area contributed by atoms with E-state index in [1.165, 1.54) is 23.5 Å². The van der Waals surface area contributed by atoms with Gasteiger partial charge in [0.1, 0.15) is 16.9 Å². The van der Waals surface area contributed by atoms with Gasteiger partial charge in [-0.05, 0) is 44.0 Å². The zero-order valence-corrected chi connectivity index (χ0v) is 16.9. The molecule has 1 aromatic carbocycles. The molecule has 4 rings (SSSR count). The summed E-state index contributed by atoms with van der Waals surface area (Å²) in [6.07, 6.45) is 2.26. The summed E-state index contributed by atoms with van der Waals surface area (Å²) in [4.78, 5) is 28.6. The first kappa shape index (κ1) is 19.6. The minimum atomic E-state index is -0.689. The third-order valence-corrected chi connectivity index (χ3v) is 6.09. The number of urea groups is 1. The molecule has 2 aliphatic rings. The van der Waals surface area contributed by atoms with Crippen molar-refractivity contribution in [2.75, 3.05) is 36.4 Å². The molecule has 154 valence electrons. The molecule has 2 N–H and O–H groups in total. The predicted molar refractivity (Wildman–Crippen MR) is 109 cm³/mol. The fraction of sp³-hybridized carbons (Fsp3) is 0.474. The van der Waals surface area contributed by atoms with Gasteiger partial charge in [-0.15, -0.1) is 10.2 Å². The number of nitrogens with zero attached hydrogens (tertiary/aromatic N) is 4. The SMILES string of the molecule is C[C@H](NC(=O)N1CCN(c2ccc(F)cc2)CC1)C(=O)Nc1nnc(C2CC2)s1. The Hall–Kier alpha value is -2.75. The van der Waals surface area contributed by atoms with Gasteiger partial charge in [-0.1, -0.05) is 11.3 Å². The average Bonchev–Trinajstić information content (AvgIpc) is 3.48. The Bertz CT molecular complexity index is 877. The van der Waals surface area contributed by atoms with Crippen molar-refractivity contribution in [1.29, 1.82) is 0 Å². The third-order valence-electron chi connectivity index (χ3n) is 5.09. The van der Waals surface area contributed by atoms with Crippen LogP contribution in [0.3, 0.4) is 0 Å². The monoisotopic (exact) mass is 418 g/mol. The Morgan fingerprint density at radius 3 is 2.48 bits per heavy atom. The number of nitrogens with one attached hydrogen (secondary N) is 2. The number of carbonyl (C=O) groups excluding carboxylic acids is 2. The number of benzene rings is 1. The Labute approximate surface area is 172 Å². The van der Waals surface area contributed by atoms with Gasteiger partial charge in [-0.25, -0.2) is 9.18 Å². The van der Waals surface area contributed by atoms with E-state index in [9.17, 15) is 14.0 Å². The van der Waals surface area contributed by atoms with Gasteiger partial charge in [0, 0.05) is 37.8 Å². The summed E-state index contributed by atoms with van der Waals surface area (Å²) in [6, 6.07) is 5.37. The summed E-state index contributed by atoms with van der Waals surface area (Å²) in [6.45, 7) is 3.99. The van der Waals surface area contributed by atoms with E-state index < -0.39 is 6.04 Å². The number of hydrogen-bond donors (Lipinski definition) is 2. The molecule has 0 radical (unpaired) electrons. The maximum Gasteiger partial charge on any atom is 0.318 e. The second-order valence-corrected chi connectivity index (χ2v) is 8.34. The molecular formula is C19H23FN6O2S. The molecule has 1 aliphatic heterocycles. The maximum absolute atomic E-state index is 13.1. The number of halogens is 1. The zero-order chi connectivity index (χ0) is 20.4. The molecule has 1 saturated heterocycles. The van der Waals surface area contributed by atoms with Gasteiger partial charge >= 0.3 is 6.03 Å². The fourth-order valence-electron chi connectivity index (χ4n) is 3.16. The van der Waals surface area contributed by atoms with Crippen LogP contribution in [0.1, 0.15) is 30.7 Å². The number of amides is 3. The van der Waals surface area contributed by atoms with Crippen LogP contribution in [0.15, 0.2) is 24.3 Å². The summed E-state index contributed by atoms with van der Waals surface area (Å²) in [7, 11) is 0. The van der Waals surface area contributed by atoms with Gasteiger partial charge < -0.3 is 15.1 Å². The molecule has 29 heavy (non-hydrogen) atoms. The molecule has 8 nitrogen and oxygen atoms in total. The molecule has 1 atom stereocenters. The van der Waals surface area contributed by atoms with Crippen molar-refractivity contribution in [2.24, 2.45) is 0 Å². The minimum absolute atomic E-state index is 0.267. The first-order valence-corrected chi connectivity index (χ1v) is 10.5. The van der Waals surface area contributed by atoms with E-state index in [0.29, 0.717) is 37.2 Å². The molecule has 2 aromatic rings. The van der Waals surface area contributed by atoms with E-state index in [1.807, 2.05) is 0 Å². The van der Waals surface area contributed by atoms with Gasteiger partial charge in [-0.2, -0.15) is 0 Å². The van der Waals surface area contributed by atoms with Crippen LogP contribution in [0.2, 0.25) is 0 Å². The van der Waals surface area contributed by atoms with Crippen molar-refractivity contribution in [3.05, 3.63) is 35.1 Å². The first-order chi connectivity index (χ1) is 14.0. The highest BCUT2D eigenvalue weighted by Gasteiger charge is 2.28. The normalized spacial score (nSPS) is 17.7. The highest BCUT2D eigenvalue weighted by atomic mass is 32.1. The molecule has 0 unspecified atom stereocenters. The van der Waals surface area contributed by atoms with E-state index in [0.717, 1.165) is 23.5 Å². The Balaban J connectivity index is 1.24. The minimum Gasteiger partial charge on any atom is -0.368 e. The molecule has 2 heterocycles. The fourth-order valence-corrected chi connectivity index (χ4v) is 4.07. The molecule has 1 aliphatic carbocycles. The summed E-state index contributed by atoms with van der Waals surface area (Å²) >= 11 is 1.39. The van der Waals surface area contributed by atoms with Crippen LogP contribution < -0.4 is 15.5 Å². The molecule has 10 heteroatoms. The quantitative estimate of drug-likeness (QED) is 0.778. The van der Waals surface area contributed by atoms with Gasteiger partial charge in [0.25, 0.3) is 0 Å². The highest BCUT2D eigenvalue weighted by molar-refractivity contribution is 7.15. The van der Waals surface area contributed by atoms with Gasteiger partial charge in [0.05, 0.1) is 0 Å². The van der Waals surface area contributed by atoms with Crippen molar-refractivity contribution < 1.29 is 14.0 Å². The zero-order valence-electron chi connectivity index (χ0n) is 16.1. The van der Waals surface area contributed by atoms with E-state index in [2.05, 4.69) is 25.7 Å². The summed E-state index contributed by atoms with van der Waals surface area (Å²) in [5.41, 5.74) is 0.932. The van der Waals surface area contributed by atoms with Gasteiger partial charge in [0.2, 0.25) is 11.0 Å².